The Bertz CT molecular complexity index is 431. The number of hydrogen-bond acceptors (Lipinski definition) is 2. The molecule has 19 heavy (non-hydrogen) atoms. The van der Waals surface area contributed by atoms with Crippen molar-refractivity contribution >= 4 is 5.78 Å². The van der Waals surface area contributed by atoms with Crippen LogP contribution in [0, 0.1) is 5.82 Å². The molecule has 0 bridgehead atoms. The summed E-state index contributed by atoms with van der Waals surface area (Å²) in [6.07, 6.45) is 3.94. The van der Waals surface area contributed by atoms with Gasteiger partial charge in [-0.05, 0) is 63.0 Å². The van der Waals surface area contributed by atoms with E-state index in [4.69, 9.17) is 0 Å². The molecule has 0 atom stereocenters. The van der Waals surface area contributed by atoms with Gasteiger partial charge in [0.1, 0.15) is 5.82 Å². The predicted octanol–water partition coefficient (Wildman–Crippen LogP) is 3.66. The molecule has 104 valence electrons. The summed E-state index contributed by atoms with van der Waals surface area (Å²) in [5, 5.41) is 0. The topological polar surface area (TPSA) is 20.3 Å². The fraction of sp³-hybridized carbons (Fsp3) is 0.562. The van der Waals surface area contributed by atoms with Crippen molar-refractivity contribution in [2.45, 2.75) is 45.1 Å². The van der Waals surface area contributed by atoms with Crippen LogP contribution in [-0.4, -0.2) is 29.3 Å². The molecule has 1 aromatic carbocycles. The summed E-state index contributed by atoms with van der Waals surface area (Å²) in [6.45, 7) is 6.13. The van der Waals surface area contributed by atoms with Crippen LogP contribution in [0.25, 0.3) is 0 Å². The lowest BCUT2D eigenvalue weighted by molar-refractivity contribution is 0.0581. The third-order valence-corrected chi connectivity index (χ3v) is 4.41. The molecule has 1 aliphatic heterocycles. The quantitative estimate of drug-likeness (QED) is 0.756. The zero-order valence-corrected chi connectivity index (χ0v) is 11.8. The van der Waals surface area contributed by atoms with E-state index >= 15 is 0 Å². The first-order chi connectivity index (χ1) is 9.14. The molecular weight excluding hydrogens is 241 g/mol. The summed E-state index contributed by atoms with van der Waals surface area (Å²) in [6, 6.07) is 5.95. The third kappa shape index (κ3) is 2.57. The Hall–Kier alpha value is -1.22. The van der Waals surface area contributed by atoms with Crippen LogP contribution in [0.4, 0.5) is 4.39 Å². The molecule has 1 fully saturated rings. The van der Waals surface area contributed by atoms with Crippen LogP contribution < -0.4 is 0 Å². The molecule has 0 radical (unpaired) electrons. The highest BCUT2D eigenvalue weighted by atomic mass is 19.1. The second kappa shape index (κ2) is 5.83. The van der Waals surface area contributed by atoms with E-state index in [-0.39, 0.29) is 11.6 Å². The van der Waals surface area contributed by atoms with Gasteiger partial charge in [-0.3, -0.25) is 9.69 Å². The van der Waals surface area contributed by atoms with Crippen LogP contribution in [0.5, 0.6) is 0 Å². The average molecular weight is 263 g/mol. The molecule has 0 aromatic heterocycles. The molecule has 3 heteroatoms. The Morgan fingerprint density at radius 3 is 2.16 bits per heavy atom. The maximum Gasteiger partial charge on any atom is 0.183 e. The second-order valence-corrected chi connectivity index (χ2v) is 5.27. The summed E-state index contributed by atoms with van der Waals surface area (Å²) in [5.74, 6) is -0.157. The summed E-state index contributed by atoms with van der Waals surface area (Å²) in [4.78, 5) is 15.2. The Balaban J connectivity index is 2.32. The number of likely N-dealkylation sites (tertiary alicyclic amines) is 1. The van der Waals surface area contributed by atoms with Gasteiger partial charge in [-0.15, -0.1) is 0 Å². The number of carbonyl (C=O) groups is 1. The highest BCUT2D eigenvalue weighted by Gasteiger charge is 2.41. The Morgan fingerprint density at radius 1 is 1.16 bits per heavy atom. The van der Waals surface area contributed by atoms with E-state index in [0.717, 1.165) is 25.9 Å². The summed E-state index contributed by atoms with van der Waals surface area (Å²) >= 11 is 0. The van der Waals surface area contributed by atoms with Gasteiger partial charge in [-0.1, -0.05) is 13.8 Å². The Labute approximate surface area is 114 Å². The van der Waals surface area contributed by atoms with Gasteiger partial charge >= 0.3 is 0 Å². The molecule has 1 heterocycles. The molecule has 0 amide bonds. The smallest absolute Gasteiger partial charge is 0.183 e. The van der Waals surface area contributed by atoms with Crippen LogP contribution in [0.3, 0.4) is 0 Å². The number of benzene rings is 1. The van der Waals surface area contributed by atoms with E-state index < -0.39 is 5.54 Å². The van der Waals surface area contributed by atoms with E-state index in [2.05, 4.69) is 18.7 Å². The fourth-order valence-corrected chi connectivity index (χ4v) is 3.18. The van der Waals surface area contributed by atoms with E-state index in [1.54, 1.807) is 12.1 Å². The number of rotatable bonds is 5. The minimum Gasteiger partial charge on any atom is -0.292 e. The van der Waals surface area contributed by atoms with E-state index in [1.165, 1.54) is 25.0 Å². The van der Waals surface area contributed by atoms with Gasteiger partial charge in [0, 0.05) is 5.56 Å². The van der Waals surface area contributed by atoms with Crippen LogP contribution in [-0.2, 0) is 0 Å². The zero-order valence-electron chi connectivity index (χ0n) is 11.8. The average Bonchev–Trinajstić information content (AvgIpc) is 2.96. The SMILES string of the molecule is CCC(CC)(C(=O)c1ccc(F)cc1)N1CCCC1. The lowest BCUT2D eigenvalue weighted by Crippen LogP contribution is -2.52. The second-order valence-electron chi connectivity index (χ2n) is 5.27. The van der Waals surface area contributed by atoms with Gasteiger partial charge in [0.25, 0.3) is 0 Å². The molecule has 0 unspecified atom stereocenters. The van der Waals surface area contributed by atoms with E-state index in [1.807, 2.05) is 0 Å². The highest BCUT2D eigenvalue weighted by Crippen LogP contribution is 2.31. The molecule has 1 saturated heterocycles. The van der Waals surface area contributed by atoms with Crippen molar-refractivity contribution in [2.75, 3.05) is 13.1 Å². The summed E-state index contributed by atoms with van der Waals surface area (Å²) < 4.78 is 13.0. The lowest BCUT2D eigenvalue weighted by atomic mass is 9.82. The number of Topliss-reactive ketones (excluding diaryl/α,β-unsaturated/α-hetero) is 1. The van der Waals surface area contributed by atoms with Gasteiger partial charge in [-0.2, -0.15) is 0 Å². The van der Waals surface area contributed by atoms with Crippen molar-refractivity contribution in [3.63, 3.8) is 0 Å². The Kier molecular flexibility index (Phi) is 4.35. The number of nitrogens with zero attached hydrogens (tertiary/aromatic N) is 1. The third-order valence-electron chi connectivity index (χ3n) is 4.41. The Morgan fingerprint density at radius 2 is 1.68 bits per heavy atom. The fourth-order valence-electron chi connectivity index (χ4n) is 3.18. The number of carbonyl (C=O) groups excluding carboxylic acids is 1. The van der Waals surface area contributed by atoms with Crippen molar-refractivity contribution in [3.8, 4) is 0 Å². The lowest BCUT2D eigenvalue weighted by Gasteiger charge is -2.39. The van der Waals surface area contributed by atoms with Gasteiger partial charge in [0.05, 0.1) is 5.54 Å². The van der Waals surface area contributed by atoms with Gasteiger partial charge < -0.3 is 0 Å². The van der Waals surface area contributed by atoms with Crippen molar-refractivity contribution in [1.82, 2.24) is 4.90 Å². The van der Waals surface area contributed by atoms with Crippen LogP contribution in [0.15, 0.2) is 24.3 Å². The van der Waals surface area contributed by atoms with E-state index in [0.29, 0.717) is 5.56 Å². The van der Waals surface area contributed by atoms with Crippen LogP contribution in [0.1, 0.15) is 49.9 Å². The minimum absolute atomic E-state index is 0.138. The van der Waals surface area contributed by atoms with Gasteiger partial charge in [0.15, 0.2) is 5.78 Å². The molecule has 0 spiro atoms. The zero-order chi connectivity index (χ0) is 13.9. The molecule has 2 nitrogen and oxygen atoms in total. The van der Waals surface area contributed by atoms with Gasteiger partial charge in [-0.25, -0.2) is 4.39 Å². The summed E-state index contributed by atoms with van der Waals surface area (Å²) in [5.41, 5.74) is 0.214. The van der Waals surface area contributed by atoms with Gasteiger partial charge in [0.2, 0.25) is 0 Å². The number of hydrogen-bond donors (Lipinski definition) is 0. The van der Waals surface area contributed by atoms with Crippen molar-refractivity contribution in [2.24, 2.45) is 0 Å². The number of ketones is 1. The molecule has 0 saturated carbocycles. The maximum absolute atomic E-state index is 13.0. The molecule has 1 aromatic rings. The number of halogens is 1. The molecule has 0 aliphatic carbocycles. The molecule has 1 aliphatic rings. The van der Waals surface area contributed by atoms with Crippen LogP contribution >= 0.6 is 0 Å². The largest absolute Gasteiger partial charge is 0.292 e. The predicted molar refractivity (Wildman–Crippen MR) is 74.9 cm³/mol. The first-order valence-electron chi connectivity index (χ1n) is 7.19. The normalized spacial score (nSPS) is 16.8. The maximum atomic E-state index is 13.0. The monoisotopic (exact) mass is 263 g/mol. The minimum atomic E-state index is -0.408. The molecule has 2 rings (SSSR count). The highest BCUT2D eigenvalue weighted by molar-refractivity contribution is 6.03. The van der Waals surface area contributed by atoms with E-state index in [9.17, 15) is 9.18 Å². The van der Waals surface area contributed by atoms with Crippen molar-refractivity contribution < 1.29 is 9.18 Å². The standard InChI is InChI=1S/C16H22FNO/c1-3-16(4-2,18-11-5-6-12-18)15(19)13-7-9-14(17)10-8-13/h7-10H,3-6,11-12H2,1-2H3. The van der Waals surface area contributed by atoms with Crippen molar-refractivity contribution in [3.05, 3.63) is 35.6 Å². The summed E-state index contributed by atoms with van der Waals surface area (Å²) in [7, 11) is 0. The molecular formula is C16H22FNO. The van der Waals surface area contributed by atoms with Crippen molar-refractivity contribution in [1.29, 1.82) is 0 Å². The van der Waals surface area contributed by atoms with Crippen LogP contribution in [0.2, 0.25) is 0 Å². The first kappa shape index (κ1) is 14.2. The first-order valence-corrected chi connectivity index (χ1v) is 7.19. The molecule has 0 N–H and O–H groups in total.